The molecule has 0 bridgehead atoms. The van der Waals surface area contributed by atoms with Crippen LogP contribution in [-0.4, -0.2) is 74.6 Å². The highest BCUT2D eigenvalue weighted by Crippen LogP contribution is 2.13. The van der Waals surface area contributed by atoms with Crippen LogP contribution in [0.1, 0.15) is 31.4 Å². The number of likely N-dealkylation sites (tertiary alicyclic amines) is 1. The maximum absolute atomic E-state index is 12.0. The molecule has 8 heteroatoms. The predicted molar refractivity (Wildman–Crippen MR) is 109 cm³/mol. The maximum atomic E-state index is 12.0. The summed E-state index contributed by atoms with van der Waals surface area (Å²) in [5.41, 5.74) is 1.14. The van der Waals surface area contributed by atoms with Gasteiger partial charge >= 0.3 is 6.09 Å². The quantitative estimate of drug-likeness (QED) is 0.590. The molecular weight excluding hydrogens is 358 g/mol. The van der Waals surface area contributed by atoms with Crippen molar-refractivity contribution in [2.24, 2.45) is 4.99 Å². The minimum atomic E-state index is -0.292. The van der Waals surface area contributed by atoms with Crippen molar-refractivity contribution in [3.8, 4) is 0 Å². The smallest absolute Gasteiger partial charge is 0.409 e. The van der Waals surface area contributed by atoms with Gasteiger partial charge in [0.05, 0.1) is 13.2 Å². The van der Waals surface area contributed by atoms with Gasteiger partial charge in [-0.15, -0.1) is 0 Å². The number of rotatable bonds is 5. The topological polar surface area (TPSA) is 86.3 Å². The third-order valence-electron chi connectivity index (χ3n) is 4.79. The molecule has 2 N–H and O–H groups in total. The summed E-state index contributed by atoms with van der Waals surface area (Å²) in [6.07, 6.45) is 1.29. The normalized spacial score (nSPS) is 16.3. The first kappa shape index (κ1) is 21.5. The summed E-state index contributed by atoms with van der Waals surface area (Å²) in [6, 6.07) is 10.3. The predicted octanol–water partition coefficient (Wildman–Crippen LogP) is 1.60. The van der Waals surface area contributed by atoms with Crippen LogP contribution >= 0.6 is 0 Å². The molecule has 1 aromatic rings. The Hall–Kier alpha value is -2.77. The second kappa shape index (κ2) is 10.5. The van der Waals surface area contributed by atoms with E-state index in [1.54, 1.807) is 19.0 Å². The van der Waals surface area contributed by atoms with E-state index >= 15 is 0 Å². The lowest BCUT2D eigenvalue weighted by atomic mass is 10.1. The molecule has 0 aromatic heterocycles. The molecule has 0 radical (unpaired) electrons. The Bertz CT molecular complexity index is 670. The summed E-state index contributed by atoms with van der Waals surface area (Å²) in [6.45, 7) is 3.38. The number of hydrogen-bond acceptors (Lipinski definition) is 4. The van der Waals surface area contributed by atoms with Gasteiger partial charge in [0.2, 0.25) is 5.91 Å². The van der Waals surface area contributed by atoms with Gasteiger partial charge in [-0.3, -0.25) is 4.79 Å². The number of amides is 2. The van der Waals surface area contributed by atoms with Crippen molar-refractivity contribution in [1.82, 2.24) is 20.4 Å². The molecule has 1 saturated heterocycles. The number of likely N-dealkylation sites (N-methyl/N-ethyl adjacent to an activating group) is 1. The number of carbonyl (C=O) groups is 2. The first-order valence-electron chi connectivity index (χ1n) is 9.56. The van der Waals surface area contributed by atoms with Gasteiger partial charge < -0.3 is 25.2 Å². The number of piperidine rings is 1. The van der Waals surface area contributed by atoms with Gasteiger partial charge in [0.15, 0.2) is 5.96 Å². The Labute approximate surface area is 166 Å². The molecule has 1 atom stereocenters. The number of nitrogens with one attached hydrogen (secondary N) is 2. The third kappa shape index (κ3) is 6.44. The van der Waals surface area contributed by atoms with Crippen LogP contribution in [0.25, 0.3) is 0 Å². The number of ether oxygens (including phenoxy) is 1. The number of guanidine groups is 1. The van der Waals surface area contributed by atoms with E-state index < -0.39 is 0 Å². The first-order valence-corrected chi connectivity index (χ1v) is 9.56. The molecule has 0 saturated carbocycles. The fourth-order valence-electron chi connectivity index (χ4n) is 2.98. The van der Waals surface area contributed by atoms with Crippen molar-refractivity contribution < 1.29 is 14.3 Å². The Balaban J connectivity index is 2.01. The van der Waals surface area contributed by atoms with E-state index in [4.69, 9.17) is 4.74 Å². The SMILES string of the molecule is COC(=O)N1CCC(NC(=NCC(=O)N(C)C)NC(C)c2ccccc2)CC1. The highest BCUT2D eigenvalue weighted by molar-refractivity contribution is 5.85. The molecule has 2 amide bonds. The molecule has 1 unspecified atom stereocenters. The number of hydrogen-bond donors (Lipinski definition) is 2. The van der Waals surface area contributed by atoms with Crippen LogP contribution in [0.5, 0.6) is 0 Å². The maximum Gasteiger partial charge on any atom is 0.409 e. The van der Waals surface area contributed by atoms with Gasteiger partial charge in [-0.25, -0.2) is 9.79 Å². The average molecular weight is 390 g/mol. The van der Waals surface area contributed by atoms with Crippen molar-refractivity contribution in [3.63, 3.8) is 0 Å². The van der Waals surface area contributed by atoms with E-state index in [0.29, 0.717) is 19.0 Å². The molecule has 2 rings (SSSR count). The lowest BCUT2D eigenvalue weighted by Crippen LogP contribution is -2.50. The molecule has 0 aliphatic carbocycles. The van der Waals surface area contributed by atoms with Crippen LogP contribution in [0.15, 0.2) is 35.3 Å². The van der Waals surface area contributed by atoms with Crippen molar-refractivity contribution >= 4 is 18.0 Å². The van der Waals surface area contributed by atoms with Crippen molar-refractivity contribution in [3.05, 3.63) is 35.9 Å². The van der Waals surface area contributed by atoms with Gasteiger partial charge in [-0.1, -0.05) is 30.3 Å². The van der Waals surface area contributed by atoms with Gasteiger partial charge in [-0.2, -0.15) is 0 Å². The minimum absolute atomic E-state index is 0.0390. The summed E-state index contributed by atoms with van der Waals surface area (Å²) in [5, 5.41) is 6.80. The molecular formula is C20H31N5O3. The van der Waals surface area contributed by atoms with Crippen molar-refractivity contribution in [1.29, 1.82) is 0 Å². The highest BCUT2D eigenvalue weighted by atomic mass is 16.5. The number of nitrogens with zero attached hydrogens (tertiary/aromatic N) is 3. The number of carbonyl (C=O) groups excluding carboxylic acids is 2. The van der Waals surface area contributed by atoms with E-state index in [0.717, 1.165) is 18.4 Å². The van der Waals surface area contributed by atoms with Crippen LogP contribution in [0.3, 0.4) is 0 Å². The Morgan fingerprint density at radius 2 is 1.89 bits per heavy atom. The van der Waals surface area contributed by atoms with Gasteiger partial charge in [0.1, 0.15) is 6.54 Å². The second-order valence-electron chi connectivity index (χ2n) is 7.11. The van der Waals surface area contributed by atoms with E-state index in [1.165, 1.54) is 12.0 Å². The standard InChI is InChI=1S/C20H31N5O3/c1-15(16-8-6-5-7-9-16)22-19(21-14-18(26)24(2)3)23-17-10-12-25(13-11-17)20(27)28-4/h5-9,15,17H,10-14H2,1-4H3,(H2,21,22,23). The van der Waals surface area contributed by atoms with E-state index in [2.05, 4.69) is 34.7 Å². The molecule has 8 nitrogen and oxygen atoms in total. The lowest BCUT2D eigenvalue weighted by Gasteiger charge is -2.32. The summed E-state index contributed by atoms with van der Waals surface area (Å²) in [7, 11) is 4.83. The fraction of sp³-hybridized carbons (Fsp3) is 0.550. The zero-order valence-corrected chi connectivity index (χ0v) is 17.1. The van der Waals surface area contributed by atoms with Crippen LogP contribution in [0, 0.1) is 0 Å². The van der Waals surface area contributed by atoms with Crippen LogP contribution in [0.4, 0.5) is 4.79 Å². The van der Waals surface area contributed by atoms with Crippen LogP contribution in [-0.2, 0) is 9.53 Å². The van der Waals surface area contributed by atoms with E-state index in [-0.39, 0.29) is 30.6 Å². The second-order valence-corrected chi connectivity index (χ2v) is 7.11. The minimum Gasteiger partial charge on any atom is -0.453 e. The molecule has 1 fully saturated rings. The van der Waals surface area contributed by atoms with E-state index in [1.807, 2.05) is 18.2 Å². The Kier molecular flexibility index (Phi) is 8.10. The van der Waals surface area contributed by atoms with Crippen molar-refractivity contribution in [2.45, 2.75) is 31.8 Å². The Morgan fingerprint density at radius 1 is 1.25 bits per heavy atom. The number of methoxy groups -OCH3 is 1. The molecule has 1 heterocycles. The number of aliphatic imine (C=N–C) groups is 1. The van der Waals surface area contributed by atoms with Crippen LogP contribution in [0.2, 0.25) is 0 Å². The lowest BCUT2D eigenvalue weighted by molar-refractivity contribution is -0.127. The number of benzene rings is 1. The monoisotopic (exact) mass is 389 g/mol. The molecule has 154 valence electrons. The highest BCUT2D eigenvalue weighted by Gasteiger charge is 2.24. The summed E-state index contributed by atoms with van der Waals surface area (Å²) < 4.78 is 4.78. The third-order valence-corrected chi connectivity index (χ3v) is 4.79. The summed E-state index contributed by atoms with van der Waals surface area (Å²) in [4.78, 5) is 31.3. The molecule has 28 heavy (non-hydrogen) atoms. The Morgan fingerprint density at radius 3 is 2.46 bits per heavy atom. The van der Waals surface area contributed by atoms with Gasteiger partial charge in [-0.05, 0) is 25.3 Å². The molecule has 1 aliphatic rings. The zero-order chi connectivity index (χ0) is 20.5. The molecule has 1 aromatic carbocycles. The van der Waals surface area contributed by atoms with Gasteiger partial charge in [0, 0.05) is 33.2 Å². The summed E-state index contributed by atoms with van der Waals surface area (Å²) in [5.74, 6) is 0.539. The van der Waals surface area contributed by atoms with Gasteiger partial charge in [0.25, 0.3) is 0 Å². The molecule has 0 spiro atoms. The van der Waals surface area contributed by atoms with Crippen molar-refractivity contribution in [2.75, 3.05) is 40.8 Å². The largest absolute Gasteiger partial charge is 0.453 e. The first-order chi connectivity index (χ1) is 13.4. The molecule has 1 aliphatic heterocycles. The zero-order valence-electron chi connectivity index (χ0n) is 17.1. The fourth-order valence-corrected chi connectivity index (χ4v) is 2.98. The summed E-state index contributed by atoms with van der Waals surface area (Å²) >= 11 is 0. The average Bonchev–Trinajstić information content (AvgIpc) is 2.72. The van der Waals surface area contributed by atoms with Crippen LogP contribution < -0.4 is 10.6 Å². The van der Waals surface area contributed by atoms with E-state index in [9.17, 15) is 9.59 Å².